The van der Waals surface area contributed by atoms with E-state index in [1.807, 2.05) is 70.5 Å². The molecule has 0 N–H and O–H groups in total. The fraction of sp³-hybridized carbons (Fsp3) is 0.267. The zero-order valence-corrected chi connectivity index (χ0v) is 21.1. The van der Waals surface area contributed by atoms with E-state index in [1.165, 1.54) is 17.3 Å². The fourth-order valence-corrected chi connectivity index (χ4v) is 5.70. The summed E-state index contributed by atoms with van der Waals surface area (Å²) in [6.45, 7) is 6.51. The normalized spacial score (nSPS) is 17.5. The number of carbonyl (C=O) groups is 2. The minimum absolute atomic E-state index is 0.000424. The monoisotopic (exact) mass is 482 g/mol. The van der Waals surface area contributed by atoms with Crippen LogP contribution in [0.3, 0.4) is 0 Å². The first-order valence-electron chi connectivity index (χ1n) is 12.2. The highest BCUT2D eigenvalue weighted by Gasteiger charge is 2.29. The summed E-state index contributed by atoms with van der Waals surface area (Å²) in [6.07, 6.45) is 4.07. The first-order valence-corrected chi connectivity index (χ1v) is 13.1. The van der Waals surface area contributed by atoms with Crippen LogP contribution in [0.4, 0.5) is 5.69 Å². The van der Waals surface area contributed by atoms with Crippen LogP contribution >= 0.6 is 11.8 Å². The summed E-state index contributed by atoms with van der Waals surface area (Å²) in [5.41, 5.74) is 4.87. The van der Waals surface area contributed by atoms with E-state index < -0.39 is 0 Å². The number of piperidine rings is 1. The Labute approximate surface area is 211 Å². The number of carbonyl (C=O) groups excluding carboxylic acids is 2. The first kappa shape index (κ1) is 23.4. The molecule has 0 bridgehead atoms. The number of benzene rings is 3. The second-order valence-electron chi connectivity index (χ2n) is 9.49. The molecule has 0 aliphatic carbocycles. The van der Waals surface area contributed by atoms with Crippen molar-refractivity contribution in [3.8, 4) is 0 Å². The molecule has 2 aliphatic rings. The van der Waals surface area contributed by atoms with Crippen molar-refractivity contribution in [2.75, 3.05) is 18.0 Å². The van der Waals surface area contributed by atoms with Gasteiger partial charge in [-0.25, -0.2) is 0 Å². The molecule has 0 unspecified atom stereocenters. The fourth-order valence-electron chi connectivity index (χ4n) is 4.64. The topological polar surface area (TPSA) is 40.6 Å². The number of hydrogen-bond acceptors (Lipinski definition) is 3. The van der Waals surface area contributed by atoms with Crippen molar-refractivity contribution in [2.45, 2.75) is 38.1 Å². The summed E-state index contributed by atoms with van der Waals surface area (Å²) in [7, 11) is 0. The minimum Gasteiger partial charge on any atom is -0.339 e. The van der Waals surface area contributed by atoms with Crippen molar-refractivity contribution in [3.63, 3.8) is 0 Å². The average Bonchev–Trinajstić information content (AvgIpc) is 2.88. The molecule has 0 spiro atoms. The molecule has 4 nitrogen and oxygen atoms in total. The summed E-state index contributed by atoms with van der Waals surface area (Å²) in [6, 6.07) is 23.9. The first-order chi connectivity index (χ1) is 17.0. The molecule has 0 radical (unpaired) electrons. The number of aryl methyl sites for hydroxylation is 1. The number of para-hydroxylation sites is 1. The number of thioether (sulfide) groups is 1. The second kappa shape index (κ2) is 10.1. The molecular weight excluding hydrogens is 452 g/mol. The smallest absolute Gasteiger partial charge is 0.265 e. The lowest BCUT2D eigenvalue weighted by Gasteiger charge is -2.31. The number of amides is 2. The van der Waals surface area contributed by atoms with E-state index in [0.29, 0.717) is 22.9 Å². The van der Waals surface area contributed by atoms with Crippen LogP contribution in [0.25, 0.3) is 6.08 Å². The van der Waals surface area contributed by atoms with Crippen LogP contribution in [0.1, 0.15) is 46.8 Å². The molecule has 3 aromatic rings. The van der Waals surface area contributed by atoms with Crippen LogP contribution in [0.5, 0.6) is 0 Å². The lowest BCUT2D eigenvalue weighted by molar-refractivity contribution is -0.114. The van der Waals surface area contributed by atoms with E-state index >= 15 is 0 Å². The predicted octanol–water partition coefficient (Wildman–Crippen LogP) is 6.55. The third kappa shape index (κ3) is 5.06. The van der Waals surface area contributed by atoms with Crippen molar-refractivity contribution >= 4 is 35.3 Å². The Morgan fingerprint density at radius 2 is 1.66 bits per heavy atom. The van der Waals surface area contributed by atoms with E-state index in [1.54, 1.807) is 0 Å². The van der Waals surface area contributed by atoms with Gasteiger partial charge in [-0.3, -0.25) is 9.59 Å². The summed E-state index contributed by atoms with van der Waals surface area (Å²) >= 11 is 1.51. The Bertz CT molecular complexity index is 1270. The molecule has 5 heteroatoms. The van der Waals surface area contributed by atoms with Crippen molar-refractivity contribution in [2.24, 2.45) is 5.92 Å². The van der Waals surface area contributed by atoms with Crippen molar-refractivity contribution < 1.29 is 9.59 Å². The maximum atomic E-state index is 13.6. The molecule has 0 saturated carbocycles. The standard InChI is InChI=1S/C30H30N2O2S/c1-21-15-17-31(18-16-21)29(33)24-13-11-23(12-14-24)19-28-30(34)32(20-25-8-4-3-7-22(25)2)26-9-5-6-10-27(26)35-28/h3-14,19,21H,15-18,20H2,1-2H3/b28-19+. The summed E-state index contributed by atoms with van der Waals surface area (Å²) in [4.78, 5) is 32.1. The molecule has 178 valence electrons. The van der Waals surface area contributed by atoms with Gasteiger partial charge < -0.3 is 9.80 Å². The van der Waals surface area contributed by atoms with Gasteiger partial charge in [-0.1, -0.05) is 67.2 Å². The Morgan fingerprint density at radius 3 is 2.40 bits per heavy atom. The van der Waals surface area contributed by atoms with Gasteiger partial charge in [-0.2, -0.15) is 0 Å². The highest BCUT2D eigenvalue weighted by Crippen LogP contribution is 2.42. The third-order valence-electron chi connectivity index (χ3n) is 6.95. The zero-order chi connectivity index (χ0) is 24.4. The van der Waals surface area contributed by atoms with Gasteiger partial charge >= 0.3 is 0 Å². The van der Waals surface area contributed by atoms with Crippen LogP contribution in [0.15, 0.2) is 82.6 Å². The van der Waals surface area contributed by atoms with Gasteiger partial charge in [-0.15, -0.1) is 0 Å². The number of anilines is 1. The van der Waals surface area contributed by atoms with Gasteiger partial charge in [0.25, 0.3) is 11.8 Å². The zero-order valence-electron chi connectivity index (χ0n) is 20.2. The molecule has 2 amide bonds. The third-order valence-corrected chi connectivity index (χ3v) is 8.03. The quantitative estimate of drug-likeness (QED) is 0.396. The van der Waals surface area contributed by atoms with Crippen LogP contribution in [0, 0.1) is 12.8 Å². The molecule has 0 aromatic heterocycles. The molecule has 1 fully saturated rings. The Morgan fingerprint density at radius 1 is 0.971 bits per heavy atom. The molecule has 35 heavy (non-hydrogen) atoms. The van der Waals surface area contributed by atoms with Gasteiger partial charge in [0.05, 0.1) is 17.1 Å². The Balaban J connectivity index is 1.39. The maximum Gasteiger partial charge on any atom is 0.265 e. The van der Waals surface area contributed by atoms with E-state index in [-0.39, 0.29) is 11.8 Å². The molecule has 0 atom stereocenters. The molecular formula is C30H30N2O2S. The molecule has 5 rings (SSSR count). The number of rotatable bonds is 4. The summed E-state index contributed by atoms with van der Waals surface area (Å²) in [5, 5.41) is 0. The minimum atomic E-state index is -0.000424. The van der Waals surface area contributed by atoms with Crippen LogP contribution in [-0.4, -0.2) is 29.8 Å². The second-order valence-corrected chi connectivity index (χ2v) is 10.6. The number of likely N-dealkylation sites (tertiary alicyclic amines) is 1. The van der Waals surface area contributed by atoms with Gasteiger partial charge in [0, 0.05) is 23.5 Å². The number of nitrogens with zero attached hydrogens (tertiary/aromatic N) is 2. The number of fused-ring (bicyclic) bond motifs is 1. The number of hydrogen-bond donors (Lipinski definition) is 0. The van der Waals surface area contributed by atoms with Gasteiger partial charge in [-0.05, 0) is 72.7 Å². The molecule has 2 aliphatic heterocycles. The Hall–Kier alpha value is -3.31. The molecule has 2 heterocycles. The van der Waals surface area contributed by atoms with E-state index in [4.69, 9.17) is 0 Å². The van der Waals surface area contributed by atoms with E-state index in [9.17, 15) is 9.59 Å². The highest BCUT2D eigenvalue weighted by atomic mass is 32.2. The lowest BCUT2D eigenvalue weighted by atomic mass is 9.98. The average molecular weight is 483 g/mol. The van der Waals surface area contributed by atoms with Crippen molar-refractivity contribution in [3.05, 3.63) is 100.0 Å². The van der Waals surface area contributed by atoms with E-state index in [2.05, 4.69) is 32.0 Å². The Kier molecular flexibility index (Phi) is 6.78. The largest absolute Gasteiger partial charge is 0.339 e. The summed E-state index contributed by atoms with van der Waals surface area (Å²) < 4.78 is 0. The van der Waals surface area contributed by atoms with Crippen LogP contribution in [0.2, 0.25) is 0 Å². The van der Waals surface area contributed by atoms with Crippen LogP contribution in [-0.2, 0) is 11.3 Å². The molecule has 3 aromatic carbocycles. The van der Waals surface area contributed by atoms with Gasteiger partial charge in [0.2, 0.25) is 0 Å². The lowest BCUT2D eigenvalue weighted by Crippen LogP contribution is -2.37. The van der Waals surface area contributed by atoms with Gasteiger partial charge in [0.15, 0.2) is 0 Å². The van der Waals surface area contributed by atoms with Gasteiger partial charge in [0.1, 0.15) is 0 Å². The maximum absolute atomic E-state index is 13.6. The SMILES string of the molecule is Cc1ccccc1CN1C(=O)/C(=C\c2ccc(C(=O)N3CCC(C)CC3)cc2)Sc2ccccc21. The van der Waals surface area contributed by atoms with Crippen molar-refractivity contribution in [1.82, 2.24) is 4.90 Å². The highest BCUT2D eigenvalue weighted by molar-refractivity contribution is 8.04. The van der Waals surface area contributed by atoms with Crippen LogP contribution < -0.4 is 4.90 Å². The van der Waals surface area contributed by atoms with E-state index in [0.717, 1.165) is 47.6 Å². The van der Waals surface area contributed by atoms with Crippen molar-refractivity contribution in [1.29, 1.82) is 0 Å². The molecule has 1 saturated heterocycles. The summed E-state index contributed by atoms with van der Waals surface area (Å²) in [5.74, 6) is 0.783. The predicted molar refractivity (Wildman–Crippen MR) is 143 cm³/mol.